The molecule has 1 aromatic rings. The minimum Gasteiger partial charge on any atom is -0.329 e. The number of rotatable bonds is 2. The van der Waals surface area contributed by atoms with Crippen molar-refractivity contribution in [2.45, 2.75) is 38.8 Å². The summed E-state index contributed by atoms with van der Waals surface area (Å²) in [6, 6.07) is -0.696. The highest BCUT2D eigenvalue weighted by atomic mass is 16.2. The van der Waals surface area contributed by atoms with Gasteiger partial charge in [-0.15, -0.1) is 0 Å². The first-order chi connectivity index (χ1) is 9.50. The number of fused-ring (bicyclic) bond motifs is 1. The van der Waals surface area contributed by atoms with E-state index in [1.165, 1.54) is 0 Å². The van der Waals surface area contributed by atoms with Crippen molar-refractivity contribution in [1.29, 1.82) is 0 Å². The molecule has 0 spiro atoms. The van der Waals surface area contributed by atoms with Crippen LogP contribution < -0.4 is 4.90 Å². The maximum atomic E-state index is 12.8. The molecule has 2 aliphatic rings. The number of aromatic nitrogens is 2. The van der Waals surface area contributed by atoms with E-state index in [-0.39, 0.29) is 23.8 Å². The third kappa shape index (κ3) is 1.82. The first-order valence-corrected chi connectivity index (χ1v) is 7.13. The van der Waals surface area contributed by atoms with Crippen molar-refractivity contribution >= 4 is 17.5 Å². The predicted molar refractivity (Wildman–Crippen MR) is 74.1 cm³/mol. The fourth-order valence-corrected chi connectivity index (χ4v) is 3.27. The second-order valence-electron chi connectivity index (χ2n) is 5.96. The molecular weight excluding hydrogens is 256 g/mol. The largest absolute Gasteiger partial charge is 0.329 e. The molecule has 2 amide bonds. The van der Waals surface area contributed by atoms with E-state index in [1.54, 1.807) is 26.9 Å². The van der Waals surface area contributed by atoms with Gasteiger partial charge in [-0.3, -0.25) is 19.2 Å². The smallest absolute Gasteiger partial charge is 0.250 e. The molecule has 0 saturated carbocycles. The van der Waals surface area contributed by atoms with Gasteiger partial charge >= 0.3 is 0 Å². The van der Waals surface area contributed by atoms with Crippen LogP contribution in [0.3, 0.4) is 0 Å². The van der Waals surface area contributed by atoms with Gasteiger partial charge in [0.15, 0.2) is 0 Å². The van der Waals surface area contributed by atoms with Crippen LogP contribution in [0.15, 0.2) is 12.4 Å². The number of amides is 2. The van der Waals surface area contributed by atoms with Crippen molar-refractivity contribution in [2.75, 3.05) is 11.4 Å². The van der Waals surface area contributed by atoms with Gasteiger partial charge in [-0.2, -0.15) is 5.10 Å². The third-order valence-corrected chi connectivity index (χ3v) is 4.19. The summed E-state index contributed by atoms with van der Waals surface area (Å²) in [6.07, 6.45) is 5.14. The Morgan fingerprint density at radius 2 is 2.05 bits per heavy atom. The zero-order valence-electron chi connectivity index (χ0n) is 12.1. The fraction of sp³-hybridized carbons (Fsp3) is 0.643. The van der Waals surface area contributed by atoms with E-state index in [0.717, 1.165) is 18.5 Å². The van der Waals surface area contributed by atoms with Crippen molar-refractivity contribution < 1.29 is 9.59 Å². The summed E-state index contributed by atoms with van der Waals surface area (Å²) in [5.41, 5.74) is 0.719. The lowest BCUT2D eigenvalue weighted by Crippen LogP contribution is -2.64. The molecule has 2 unspecified atom stereocenters. The second-order valence-corrected chi connectivity index (χ2v) is 5.96. The molecule has 0 aliphatic carbocycles. The van der Waals surface area contributed by atoms with Crippen LogP contribution >= 0.6 is 0 Å². The molecular formula is C14H20N4O2. The van der Waals surface area contributed by atoms with Gasteiger partial charge < -0.3 is 4.90 Å². The van der Waals surface area contributed by atoms with E-state index in [0.29, 0.717) is 6.54 Å². The van der Waals surface area contributed by atoms with Crippen molar-refractivity contribution in [3.05, 3.63) is 12.4 Å². The Morgan fingerprint density at radius 3 is 2.65 bits per heavy atom. The predicted octanol–water partition coefficient (Wildman–Crippen LogP) is 0.782. The Morgan fingerprint density at radius 1 is 1.30 bits per heavy atom. The molecule has 2 aliphatic heterocycles. The zero-order valence-corrected chi connectivity index (χ0v) is 12.1. The fourth-order valence-electron chi connectivity index (χ4n) is 3.27. The van der Waals surface area contributed by atoms with Crippen molar-refractivity contribution in [1.82, 2.24) is 14.7 Å². The van der Waals surface area contributed by atoms with Gasteiger partial charge in [0, 0.05) is 19.8 Å². The van der Waals surface area contributed by atoms with Crippen molar-refractivity contribution in [2.24, 2.45) is 13.0 Å². The monoisotopic (exact) mass is 276 g/mol. The van der Waals surface area contributed by atoms with E-state index in [1.807, 2.05) is 20.9 Å². The summed E-state index contributed by atoms with van der Waals surface area (Å²) in [6.45, 7) is 4.67. The van der Waals surface area contributed by atoms with Crippen LogP contribution in [-0.2, 0) is 16.6 Å². The van der Waals surface area contributed by atoms with Gasteiger partial charge in [0.25, 0.3) is 5.91 Å². The highest BCUT2D eigenvalue weighted by Crippen LogP contribution is 2.32. The maximum Gasteiger partial charge on any atom is 0.250 e. The molecule has 0 radical (unpaired) electrons. The Bertz CT molecular complexity index is 551. The first-order valence-electron chi connectivity index (χ1n) is 7.13. The molecule has 20 heavy (non-hydrogen) atoms. The minimum absolute atomic E-state index is 0.0359. The van der Waals surface area contributed by atoms with E-state index in [4.69, 9.17) is 0 Å². The van der Waals surface area contributed by atoms with Gasteiger partial charge in [0.2, 0.25) is 5.91 Å². The summed E-state index contributed by atoms with van der Waals surface area (Å²) < 4.78 is 1.66. The number of carbonyl (C=O) groups excluding carboxylic acids is 2. The molecule has 108 valence electrons. The molecule has 3 heterocycles. The SMILES string of the molecule is CC(C)C1C(=O)N2CCCC2C(=O)N1c1cnn(C)c1. The van der Waals surface area contributed by atoms with Gasteiger partial charge in [0.05, 0.1) is 11.9 Å². The number of hydrogen-bond donors (Lipinski definition) is 0. The van der Waals surface area contributed by atoms with Crippen molar-refractivity contribution in [3.8, 4) is 0 Å². The molecule has 0 bridgehead atoms. The van der Waals surface area contributed by atoms with Gasteiger partial charge in [-0.05, 0) is 18.8 Å². The lowest BCUT2D eigenvalue weighted by molar-refractivity contribution is -0.145. The topological polar surface area (TPSA) is 58.4 Å². The normalized spacial score (nSPS) is 26.6. The van der Waals surface area contributed by atoms with Gasteiger partial charge in [0.1, 0.15) is 12.1 Å². The highest BCUT2D eigenvalue weighted by molar-refractivity contribution is 6.08. The molecule has 3 rings (SSSR count). The van der Waals surface area contributed by atoms with Gasteiger partial charge in [-0.25, -0.2) is 0 Å². The van der Waals surface area contributed by atoms with Crippen LogP contribution in [0.2, 0.25) is 0 Å². The summed E-state index contributed by atoms with van der Waals surface area (Å²) in [7, 11) is 1.81. The minimum atomic E-state index is -0.416. The number of piperazine rings is 1. The second kappa shape index (κ2) is 4.61. The highest BCUT2D eigenvalue weighted by Gasteiger charge is 2.49. The summed E-state index contributed by atoms with van der Waals surface area (Å²) in [4.78, 5) is 28.9. The number of hydrogen-bond acceptors (Lipinski definition) is 3. The maximum absolute atomic E-state index is 12.8. The van der Waals surface area contributed by atoms with Crippen LogP contribution in [0.1, 0.15) is 26.7 Å². The lowest BCUT2D eigenvalue weighted by atomic mass is 9.95. The summed E-state index contributed by atoms with van der Waals surface area (Å²) >= 11 is 0. The Kier molecular flexibility index (Phi) is 3.03. The van der Waals surface area contributed by atoms with Gasteiger partial charge in [-0.1, -0.05) is 13.8 Å². The summed E-state index contributed by atoms with van der Waals surface area (Å²) in [5, 5.41) is 4.13. The molecule has 0 aromatic carbocycles. The Hall–Kier alpha value is -1.85. The molecule has 2 atom stereocenters. The number of anilines is 1. The van der Waals surface area contributed by atoms with Crippen LogP contribution in [0.25, 0.3) is 0 Å². The zero-order chi connectivity index (χ0) is 14.4. The van der Waals surface area contributed by atoms with Crippen LogP contribution in [0, 0.1) is 5.92 Å². The van der Waals surface area contributed by atoms with E-state index in [2.05, 4.69) is 5.10 Å². The third-order valence-electron chi connectivity index (χ3n) is 4.19. The van der Waals surface area contributed by atoms with E-state index in [9.17, 15) is 9.59 Å². The van der Waals surface area contributed by atoms with E-state index >= 15 is 0 Å². The number of nitrogens with zero attached hydrogens (tertiary/aromatic N) is 4. The average molecular weight is 276 g/mol. The Labute approximate surface area is 118 Å². The van der Waals surface area contributed by atoms with Crippen molar-refractivity contribution in [3.63, 3.8) is 0 Å². The van der Waals surface area contributed by atoms with E-state index < -0.39 is 6.04 Å². The van der Waals surface area contributed by atoms with Crippen LogP contribution in [0.4, 0.5) is 5.69 Å². The first kappa shape index (κ1) is 13.1. The average Bonchev–Trinajstić information content (AvgIpc) is 3.01. The lowest BCUT2D eigenvalue weighted by Gasteiger charge is -2.43. The number of aryl methyl sites for hydroxylation is 1. The standard InChI is InChI=1S/C14H20N4O2/c1-9(2)12-14(20)17-6-4-5-11(17)13(19)18(12)10-7-15-16(3)8-10/h7-9,11-12H,4-6H2,1-3H3. The molecule has 6 nitrogen and oxygen atoms in total. The van der Waals surface area contributed by atoms with Crippen LogP contribution in [0.5, 0.6) is 0 Å². The molecule has 1 aromatic heterocycles. The van der Waals surface area contributed by atoms with Crippen LogP contribution in [-0.4, -0.2) is 45.1 Å². The Balaban J connectivity index is 2.04. The molecule has 0 N–H and O–H groups in total. The molecule has 6 heteroatoms. The molecule has 2 fully saturated rings. The molecule has 2 saturated heterocycles. The number of carbonyl (C=O) groups is 2. The summed E-state index contributed by atoms with van der Waals surface area (Å²) in [5.74, 6) is 0.188. The quantitative estimate of drug-likeness (QED) is 0.802.